The van der Waals surface area contributed by atoms with Crippen molar-refractivity contribution in [1.82, 2.24) is 0 Å². The molecule has 4 heteroatoms. The normalized spacial score (nSPS) is 39.1. The van der Waals surface area contributed by atoms with E-state index in [1.165, 1.54) is 90.1 Å². The average molecular weight is 781 g/mol. The molecule has 10 aliphatic rings. The van der Waals surface area contributed by atoms with Crippen LogP contribution >= 0.6 is 0 Å². The SMILES string of the molecule is CC1=C[C@@H]2[C@H]3C=C(C)C4=Nc5ccccc5[C@@]4(C)[C@H]3[C@@H]2[C@@]2(C)C1=Nc1ccccc12.CC1=C[C@H]2[C@@H]3C=C(C)C4=Nc5ccccc5[C@]4(C)[C@@H]3[C@H]2[C@]2(C)C1=Nc1ccccc12. The van der Waals surface area contributed by atoms with Gasteiger partial charge in [-0.15, -0.1) is 0 Å². The number of para-hydroxylation sites is 4. The van der Waals surface area contributed by atoms with Crippen LogP contribution in [0.1, 0.15) is 77.6 Å². The van der Waals surface area contributed by atoms with Gasteiger partial charge in [0.2, 0.25) is 0 Å². The third-order valence-corrected chi connectivity index (χ3v) is 18.0. The molecule has 0 unspecified atom stereocenters. The molecule has 0 bridgehead atoms. The summed E-state index contributed by atoms with van der Waals surface area (Å²) in [5.41, 5.74) is 20.9. The minimum Gasteiger partial charge on any atom is -0.252 e. The summed E-state index contributed by atoms with van der Waals surface area (Å²) in [4.78, 5) is 20.6. The fourth-order valence-corrected chi connectivity index (χ4v) is 15.8. The van der Waals surface area contributed by atoms with E-state index >= 15 is 0 Å². The van der Waals surface area contributed by atoms with Gasteiger partial charge in [-0.2, -0.15) is 0 Å². The average Bonchev–Trinajstić information content (AvgIpc) is 3.93. The van der Waals surface area contributed by atoms with Crippen LogP contribution in [0.25, 0.3) is 0 Å². The quantitative estimate of drug-likeness (QED) is 0.171. The summed E-state index contributed by atoms with van der Waals surface area (Å²) >= 11 is 0. The molecule has 4 nitrogen and oxygen atoms in total. The summed E-state index contributed by atoms with van der Waals surface area (Å²) in [6.07, 6.45) is 10.1. The second kappa shape index (κ2) is 11.3. The fraction of sp³-hybridized carbons (Fsp3) is 0.357. The molecule has 2 saturated carbocycles. The van der Waals surface area contributed by atoms with Gasteiger partial charge < -0.3 is 0 Å². The van der Waals surface area contributed by atoms with Crippen LogP contribution in [-0.4, -0.2) is 22.8 Å². The van der Waals surface area contributed by atoms with Gasteiger partial charge in [0.15, 0.2) is 0 Å². The highest BCUT2D eigenvalue weighted by Crippen LogP contribution is 2.72. The van der Waals surface area contributed by atoms with Gasteiger partial charge in [0, 0.05) is 21.7 Å². The lowest BCUT2D eigenvalue weighted by molar-refractivity contribution is -0.0306. The van der Waals surface area contributed by atoms with Crippen LogP contribution in [0.2, 0.25) is 0 Å². The van der Waals surface area contributed by atoms with Crippen LogP contribution in [-0.2, 0) is 21.7 Å². The Balaban J connectivity index is 0.000000123. The van der Waals surface area contributed by atoms with Crippen molar-refractivity contribution in [1.29, 1.82) is 0 Å². The number of aliphatic imine (C=N–C) groups is 4. The predicted octanol–water partition coefficient (Wildman–Crippen LogP) is 12.9. The molecule has 4 aromatic carbocycles. The predicted molar refractivity (Wildman–Crippen MR) is 247 cm³/mol. The molecule has 296 valence electrons. The Bertz CT molecular complexity index is 2550. The van der Waals surface area contributed by atoms with E-state index in [9.17, 15) is 0 Å². The second-order valence-corrected chi connectivity index (χ2v) is 20.5. The molecule has 4 aliphatic heterocycles. The number of fused-ring (bicyclic) bond motifs is 24. The maximum absolute atomic E-state index is 5.15. The van der Waals surface area contributed by atoms with Crippen LogP contribution in [0, 0.1) is 47.3 Å². The first-order chi connectivity index (χ1) is 28.9. The number of benzene rings is 4. The first-order valence-electron chi connectivity index (χ1n) is 22.4. The van der Waals surface area contributed by atoms with Crippen LogP contribution in [0.3, 0.4) is 0 Å². The molecule has 0 radical (unpaired) electrons. The van der Waals surface area contributed by atoms with Crippen LogP contribution in [0.15, 0.2) is 164 Å². The fourth-order valence-electron chi connectivity index (χ4n) is 15.8. The Labute approximate surface area is 354 Å². The van der Waals surface area contributed by atoms with E-state index in [4.69, 9.17) is 20.0 Å². The summed E-state index contributed by atoms with van der Waals surface area (Å²) in [6, 6.07) is 35.3. The van der Waals surface area contributed by atoms with Gasteiger partial charge in [0.1, 0.15) is 0 Å². The number of hydrogen-bond donors (Lipinski definition) is 0. The second-order valence-electron chi connectivity index (χ2n) is 20.5. The van der Waals surface area contributed by atoms with Crippen molar-refractivity contribution in [2.24, 2.45) is 67.3 Å². The van der Waals surface area contributed by atoms with Gasteiger partial charge in [-0.05, 0) is 172 Å². The van der Waals surface area contributed by atoms with Gasteiger partial charge >= 0.3 is 0 Å². The lowest BCUT2D eigenvalue weighted by Crippen LogP contribution is -2.67. The van der Waals surface area contributed by atoms with E-state index in [-0.39, 0.29) is 21.7 Å². The molecule has 0 amide bonds. The van der Waals surface area contributed by atoms with E-state index in [0.717, 1.165) is 0 Å². The van der Waals surface area contributed by atoms with Crippen LogP contribution in [0.4, 0.5) is 22.7 Å². The van der Waals surface area contributed by atoms with Gasteiger partial charge in [-0.1, -0.05) is 97.1 Å². The maximum Gasteiger partial charge on any atom is 0.0675 e. The number of hydrogen-bond acceptors (Lipinski definition) is 4. The molecule has 2 fully saturated rings. The lowest BCUT2D eigenvalue weighted by atomic mass is 9.36. The molecular formula is C56H52N4. The summed E-state index contributed by atoms with van der Waals surface area (Å²) in [5.74, 6) is 4.46. The Hall–Kier alpha value is -5.48. The van der Waals surface area contributed by atoms with E-state index in [1.54, 1.807) is 0 Å². The Morgan fingerprint density at radius 2 is 0.517 bits per heavy atom. The van der Waals surface area contributed by atoms with Crippen molar-refractivity contribution >= 4 is 45.6 Å². The smallest absolute Gasteiger partial charge is 0.0675 e. The minimum atomic E-state index is -0.0218. The van der Waals surface area contributed by atoms with Crippen molar-refractivity contribution in [2.45, 2.75) is 77.0 Å². The number of rotatable bonds is 0. The molecule has 0 spiro atoms. The molecule has 12 atom stereocenters. The molecule has 0 saturated heterocycles. The topological polar surface area (TPSA) is 49.4 Å². The summed E-state index contributed by atoms with van der Waals surface area (Å²) < 4.78 is 0. The molecule has 0 N–H and O–H groups in total. The highest BCUT2D eigenvalue weighted by Gasteiger charge is 2.71. The zero-order chi connectivity index (χ0) is 40.8. The number of allylic oxidation sites excluding steroid dienone is 8. The van der Waals surface area contributed by atoms with Gasteiger partial charge in [-0.3, -0.25) is 20.0 Å². The first kappa shape index (κ1) is 35.3. The Kier molecular flexibility index (Phi) is 6.62. The van der Waals surface area contributed by atoms with Crippen molar-refractivity contribution in [3.8, 4) is 0 Å². The third-order valence-electron chi connectivity index (χ3n) is 18.0. The van der Waals surface area contributed by atoms with E-state index in [0.29, 0.717) is 47.3 Å². The summed E-state index contributed by atoms with van der Waals surface area (Å²) in [6.45, 7) is 18.9. The highest BCUT2D eigenvalue weighted by atomic mass is 14.9. The van der Waals surface area contributed by atoms with Crippen LogP contribution in [0.5, 0.6) is 0 Å². The van der Waals surface area contributed by atoms with Crippen molar-refractivity contribution < 1.29 is 0 Å². The van der Waals surface area contributed by atoms with Gasteiger partial charge in [0.25, 0.3) is 0 Å². The van der Waals surface area contributed by atoms with E-state index in [1.807, 2.05) is 0 Å². The van der Waals surface area contributed by atoms with Gasteiger partial charge in [-0.25, -0.2) is 0 Å². The zero-order valence-electron chi connectivity index (χ0n) is 36.0. The zero-order valence-corrected chi connectivity index (χ0v) is 36.0. The molecule has 4 heterocycles. The molecule has 6 aliphatic carbocycles. The number of nitrogens with zero attached hydrogens (tertiary/aromatic N) is 4. The Morgan fingerprint density at radius 1 is 0.317 bits per heavy atom. The molecule has 14 rings (SSSR count). The van der Waals surface area contributed by atoms with E-state index in [2.05, 4.69) is 177 Å². The third kappa shape index (κ3) is 3.84. The monoisotopic (exact) mass is 780 g/mol. The molecule has 60 heavy (non-hydrogen) atoms. The first-order valence-corrected chi connectivity index (χ1v) is 22.4. The largest absolute Gasteiger partial charge is 0.252 e. The Morgan fingerprint density at radius 3 is 0.733 bits per heavy atom. The maximum atomic E-state index is 5.15. The highest BCUT2D eigenvalue weighted by molar-refractivity contribution is 6.17. The summed E-state index contributed by atoms with van der Waals surface area (Å²) in [5, 5.41) is 0. The van der Waals surface area contributed by atoms with Gasteiger partial charge in [0.05, 0.1) is 45.6 Å². The molecule has 4 aromatic rings. The van der Waals surface area contributed by atoms with Crippen molar-refractivity contribution in [2.75, 3.05) is 0 Å². The van der Waals surface area contributed by atoms with Crippen molar-refractivity contribution in [3.63, 3.8) is 0 Å². The molecular weight excluding hydrogens is 729 g/mol. The summed E-state index contributed by atoms with van der Waals surface area (Å²) in [7, 11) is 0. The standard InChI is InChI=1S/2C28H26N2/c2*1-15-13-17-18-14-16(2)26-28(4,20-10-6-8-12-22(20)30-26)24(18)23(17)27(3)19-9-5-7-11-21(19)29-25(15)27/h2*5-14,17-18,23-24H,1-4H3/t2*17-,18-,23-,24-,27+,28+/m10/s1. The lowest BCUT2D eigenvalue weighted by Gasteiger charge is -2.65. The van der Waals surface area contributed by atoms with Crippen LogP contribution < -0.4 is 0 Å². The minimum absolute atomic E-state index is 0.0218. The van der Waals surface area contributed by atoms with E-state index < -0.39 is 0 Å². The van der Waals surface area contributed by atoms with Crippen molar-refractivity contribution in [3.05, 3.63) is 166 Å². The molecule has 0 aromatic heterocycles.